The van der Waals surface area contributed by atoms with Crippen molar-refractivity contribution in [1.82, 2.24) is 0 Å². The van der Waals surface area contributed by atoms with E-state index in [1.807, 2.05) is 0 Å². The van der Waals surface area contributed by atoms with Crippen LogP contribution in [0.5, 0.6) is 0 Å². The Morgan fingerprint density at radius 3 is 2.85 bits per heavy atom. The summed E-state index contributed by atoms with van der Waals surface area (Å²) in [5.74, 6) is 0.200. The highest BCUT2D eigenvalue weighted by molar-refractivity contribution is 5.95. The summed E-state index contributed by atoms with van der Waals surface area (Å²) in [5, 5.41) is 22.3. The lowest BCUT2D eigenvalue weighted by Gasteiger charge is -2.28. The van der Waals surface area contributed by atoms with Crippen LogP contribution in [0.25, 0.3) is 0 Å². The predicted molar refractivity (Wildman–Crippen MR) is 77.6 cm³/mol. The van der Waals surface area contributed by atoms with Crippen molar-refractivity contribution in [2.45, 2.75) is 38.7 Å². The third-order valence-corrected chi connectivity index (χ3v) is 3.97. The quantitative estimate of drug-likeness (QED) is 0.827. The first-order valence-corrected chi connectivity index (χ1v) is 7.09. The van der Waals surface area contributed by atoms with E-state index in [9.17, 15) is 9.90 Å². The minimum absolute atomic E-state index is 0.0183. The number of nitrogens with zero attached hydrogens (tertiary/aromatic N) is 1. The van der Waals surface area contributed by atoms with E-state index < -0.39 is 0 Å². The van der Waals surface area contributed by atoms with Gasteiger partial charge in [0.1, 0.15) is 6.07 Å². The monoisotopic (exact) mass is 272 g/mol. The zero-order chi connectivity index (χ0) is 14.5. The Bertz CT molecular complexity index is 534. The molecule has 106 valence electrons. The molecule has 1 aliphatic carbocycles. The highest BCUT2D eigenvalue weighted by Crippen LogP contribution is 2.25. The summed E-state index contributed by atoms with van der Waals surface area (Å²) in [5.41, 5.74) is 1.80. The number of Topliss-reactive ketones (excluding diaryl/α,β-unsaturated/α-hetero) is 1. The molecule has 2 rings (SSSR count). The number of ketones is 1. The number of anilines is 1. The molecule has 1 saturated carbocycles. The van der Waals surface area contributed by atoms with Crippen LogP contribution in [-0.2, 0) is 0 Å². The van der Waals surface area contributed by atoms with E-state index >= 15 is 0 Å². The van der Waals surface area contributed by atoms with Gasteiger partial charge in [0.05, 0.1) is 17.4 Å². The first kappa shape index (κ1) is 14.5. The molecule has 0 aliphatic heterocycles. The van der Waals surface area contributed by atoms with Crippen LogP contribution in [0.2, 0.25) is 0 Å². The Kier molecular flexibility index (Phi) is 4.75. The smallest absolute Gasteiger partial charge is 0.159 e. The molecule has 0 amide bonds. The molecule has 4 heteroatoms. The fraction of sp³-hybridized carbons (Fsp3) is 0.500. The first-order chi connectivity index (χ1) is 9.61. The molecule has 20 heavy (non-hydrogen) atoms. The number of hydrogen-bond donors (Lipinski definition) is 2. The second kappa shape index (κ2) is 6.53. The lowest BCUT2D eigenvalue weighted by Crippen LogP contribution is -2.30. The van der Waals surface area contributed by atoms with E-state index in [2.05, 4.69) is 11.4 Å². The molecule has 2 N–H and O–H groups in total. The number of hydrogen-bond acceptors (Lipinski definition) is 4. The van der Waals surface area contributed by atoms with Crippen molar-refractivity contribution >= 4 is 11.5 Å². The molecule has 0 radical (unpaired) electrons. The summed E-state index contributed by atoms with van der Waals surface area (Å²) < 4.78 is 0. The topological polar surface area (TPSA) is 73.1 Å². The number of nitrogens with one attached hydrogen (secondary N) is 1. The van der Waals surface area contributed by atoms with Crippen molar-refractivity contribution in [1.29, 1.82) is 5.26 Å². The summed E-state index contributed by atoms with van der Waals surface area (Å²) in [6, 6.07) is 7.17. The number of carbonyl (C=O) groups excluding carboxylic acids is 1. The van der Waals surface area contributed by atoms with Gasteiger partial charge in [-0.15, -0.1) is 0 Å². The summed E-state index contributed by atoms with van der Waals surface area (Å²) in [6.45, 7) is 2.15. The number of aliphatic hydroxyl groups excluding tert-OH is 1. The molecule has 0 saturated heterocycles. The van der Waals surface area contributed by atoms with Crippen LogP contribution in [-0.4, -0.2) is 23.5 Å². The summed E-state index contributed by atoms with van der Waals surface area (Å²) >= 11 is 0. The zero-order valence-electron chi connectivity index (χ0n) is 11.7. The molecule has 2 atom stereocenters. The van der Waals surface area contributed by atoms with Gasteiger partial charge in [0.15, 0.2) is 5.78 Å². The number of rotatable bonds is 4. The lowest BCUT2D eigenvalue weighted by molar-refractivity contribution is 0.0763. The van der Waals surface area contributed by atoms with E-state index in [0.29, 0.717) is 23.4 Å². The molecular formula is C16H20N2O2. The Balaban J connectivity index is 2.09. The van der Waals surface area contributed by atoms with Crippen LogP contribution in [0.3, 0.4) is 0 Å². The van der Waals surface area contributed by atoms with Crippen molar-refractivity contribution in [3.8, 4) is 6.07 Å². The zero-order valence-corrected chi connectivity index (χ0v) is 11.7. The number of nitriles is 1. The number of aliphatic hydroxyl groups is 1. The molecule has 4 nitrogen and oxygen atoms in total. The molecule has 0 bridgehead atoms. The molecule has 0 spiro atoms. The Morgan fingerprint density at radius 2 is 2.20 bits per heavy atom. The van der Waals surface area contributed by atoms with Crippen molar-refractivity contribution < 1.29 is 9.90 Å². The van der Waals surface area contributed by atoms with Crippen LogP contribution < -0.4 is 5.32 Å². The average molecular weight is 272 g/mol. The van der Waals surface area contributed by atoms with Crippen LogP contribution in [0, 0.1) is 17.2 Å². The molecule has 1 aromatic carbocycles. The maximum atomic E-state index is 11.4. The maximum Gasteiger partial charge on any atom is 0.159 e. The SMILES string of the molecule is CC(=O)c1ccc(C#N)c(NCC2CCCCC2O)c1. The summed E-state index contributed by atoms with van der Waals surface area (Å²) in [6.07, 6.45) is 3.81. The number of benzene rings is 1. The van der Waals surface area contributed by atoms with Gasteiger partial charge in [0.25, 0.3) is 0 Å². The fourth-order valence-corrected chi connectivity index (χ4v) is 2.67. The second-order valence-corrected chi connectivity index (χ2v) is 5.42. The van der Waals surface area contributed by atoms with Gasteiger partial charge in [-0.2, -0.15) is 5.26 Å². The van der Waals surface area contributed by atoms with E-state index in [1.54, 1.807) is 18.2 Å². The predicted octanol–water partition coefficient (Wildman–Crippen LogP) is 2.72. The maximum absolute atomic E-state index is 11.4. The standard InChI is InChI=1S/C16H20N2O2/c1-11(19)12-6-7-13(9-17)15(8-12)18-10-14-4-2-3-5-16(14)20/h6-8,14,16,18,20H,2-5,10H2,1H3. The summed E-state index contributed by atoms with van der Waals surface area (Å²) in [7, 11) is 0. The average Bonchev–Trinajstić information content (AvgIpc) is 2.46. The molecular weight excluding hydrogens is 252 g/mol. The van der Waals surface area contributed by atoms with Crippen molar-refractivity contribution in [2.75, 3.05) is 11.9 Å². The van der Waals surface area contributed by atoms with Gasteiger partial charge in [-0.3, -0.25) is 4.79 Å². The highest BCUT2D eigenvalue weighted by Gasteiger charge is 2.22. The minimum atomic E-state index is -0.266. The highest BCUT2D eigenvalue weighted by atomic mass is 16.3. The molecule has 1 aromatic rings. The Hall–Kier alpha value is -1.86. The molecule has 1 fully saturated rings. The van der Waals surface area contributed by atoms with Crippen LogP contribution in [0.4, 0.5) is 5.69 Å². The first-order valence-electron chi connectivity index (χ1n) is 7.09. The van der Waals surface area contributed by atoms with Crippen LogP contribution >= 0.6 is 0 Å². The Morgan fingerprint density at radius 1 is 1.45 bits per heavy atom. The van der Waals surface area contributed by atoms with E-state index in [-0.39, 0.29) is 17.8 Å². The van der Waals surface area contributed by atoms with Gasteiger partial charge in [-0.05, 0) is 38.0 Å². The van der Waals surface area contributed by atoms with E-state index in [0.717, 1.165) is 25.7 Å². The molecule has 0 heterocycles. The van der Waals surface area contributed by atoms with E-state index in [4.69, 9.17) is 5.26 Å². The van der Waals surface area contributed by atoms with Gasteiger partial charge in [0, 0.05) is 18.0 Å². The van der Waals surface area contributed by atoms with E-state index in [1.165, 1.54) is 6.92 Å². The van der Waals surface area contributed by atoms with Gasteiger partial charge >= 0.3 is 0 Å². The Labute approximate surface area is 119 Å². The van der Waals surface area contributed by atoms with Crippen molar-refractivity contribution in [2.24, 2.45) is 5.92 Å². The molecule has 1 aliphatic rings. The van der Waals surface area contributed by atoms with Gasteiger partial charge in [0.2, 0.25) is 0 Å². The summed E-state index contributed by atoms with van der Waals surface area (Å²) in [4.78, 5) is 11.4. The normalized spacial score (nSPS) is 22.1. The van der Waals surface area contributed by atoms with Gasteiger partial charge in [-0.25, -0.2) is 0 Å². The third-order valence-electron chi connectivity index (χ3n) is 3.97. The lowest BCUT2D eigenvalue weighted by atomic mass is 9.86. The minimum Gasteiger partial charge on any atom is -0.393 e. The van der Waals surface area contributed by atoms with Crippen LogP contribution in [0.1, 0.15) is 48.5 Å². The largest absolute Gasteiger partial charge is 0.393 e. The van der Waals surface area contributed by atoms with Crippen molar-refractivity contribution in [3.05, 3.63) is 29.3 Å². The number of carbonyl (C=O) groups is 1. The molecule has 2 unspecified atom stereocenters. The van der Waals surface area contributed by atoms with Gasteiger partial charge in [-0.1, -0.05) is 12.8 Å². The van der Waals surface area contributed by atoms with Gasteiger partial charge < -0.3 is 10.4 Å². The second-order valence-electron chi connectivity index (χ2n) is 5.42. The third kappa shape index (κ3) is 3.37. The molecule has 0 aromatic heterocycles. The van der Waals surface area contributed by atoms with Crippen molar-refractivity contribution in [3.63, 3.8) is 0 Å². The fourth-order valence-electron chi connectivity index (χ4n) is 2.67. The van der Waals surface area contributed by atoms with Crippen LogP contribution in [0.15, 0.2) is 18.2 Å².